The first-order valence-electron chi connectivity index (χ1n) is 5.43. The number of hydrogen-bond donors (Lipinski definition) is 1. The van der Waals surface area contributed by atoms with E-state index in [4.69, 9.17) is 11.6 Å². The van der Waals surface area contributed by atoms with Crippen LogP contribution < -0.4 is 10.1 Å². The molecular weight excluding hydrogens is 294 g/mol. The molecule has 0 unspecified atom stereocenters. The summed E-state index contributed by atoms with van der Waals surface area (Å²) in [4.78, 5) is 5.26. The Bertz CT molecular complexity index is 562. The number of benzene rings is 1. The third-order valence-corrected chi connectivity index (χ3v) is 3.68. The van der Waals surface area contributed by atoms with Crippen LogP contribution in [-0.4, -0.2) is 11.6 Å². The Morgan fingerprint density at radius 2 is 2.26 bits per heavy atom. The number of halogens is 3. The van der Waals surface area contributed by atoms with Crippen LogP contribution in [0.3, 0.4) is 0 Å². The van der Waals surface area contributed by atoms with E-state index < -0.39 is 6.61 Å². The van der Waals surface area contributed by atoms with Gasteiger partial charge in [0.2, 0.25) is 0 Å². The first-order chi connectivity index (χ1) is 9.06. The maximum Gasteiger partial charge on any atom is 0.387 e. The summed E-state index contributed by atoms with van der Waals surface area (Å²) in [6.07, 6.45) is 0. The molecule has 0 spiro atoms. The van der Waals surface area contributed by atoms with E-state index in [0.29, 0.717) is 6.54 Å². The standard InChI is InChI=1S/C12H11ClF2N2OS/c1-7-11(19-6-17-7)5-16-8-2-3-10(9(13)4-8)18-12(14)15/h2-4,6,12,16H,5H2,1H3. The molecule has 19 heavy (non-hydrogen) atoms. The molecule has 1 aromatic heterocycles. The van der Waals surface area contributed by atoms with E-state index in [1.807, 2.05) is 6.92 Å². The molecule has 0 atom stereocenters. The Morgan fingerprint density at radius 3 is 2.84 bits per heavy atom. The summed E-state index contributed by atoms with van der Waals surface area (Å²) < 4.78 is 28.4. The van der Waals surface area contributed by atoms with Crippen molar-refractivity contribution in [3.63, 3.8) is 0 Å². The summed E-state index contributed by atoms with van der Waals surface area (Å²) in [5.41, 5.74) is 3.49. The molecular formula is C12H11ClF2N2OS. The van der Waals surface area contributed by atoms with E-state index in [2.05, 4.69) is 15.0 Å². The Morgan fingerprint density at radius 1 is 1.47 bits per heavy atom. The van der Waals surface area contributed by atoms with Crippen LogP contribution in [0.15, 0.2) is 23.7 Å². The van der Waals surface area contributed by atoms with Crippen molar-refractivity contribution in [2.75, 3.05) is 5.32 Å². The third kappa shape index (κ3) is 3.78. The fraction of sp³-hybridized carbons (Fsp3) is 0.250. The van der Waals surface area contributed by atoms with Crippen molar-refractivity contribution in [2.45, 2.75) is 20.1 Å². The molecule has 2 rings (SSSR count). The number of aromatic nitrogens is 1. The zero-order chi connectivity index (χ0) is 13.8. The molecule has 0 saturated carbocycles. The summed E-state index contributed by atoms with van der Waals surface area (Å²) >= 11 is 7.41. The maximum atomic E-state index is 12.1. The topological polar surface area (TPSA) is 34.2 Å². The maximum absolute atomic E-state index is 12.1. The quantitative estimate of drug-likeness (QED) is 0.893. The number of anilines is 1. The first kappa shape index (κ1) is 14.0. The normalized spacial score (nSPS) is 10.8. The number of nitrogens with one attached hydrogen (secondary N) is 1. The van der Waals surface area contributed by atoms with Crippen LogP contribution in [0.4, 0.5) is 14.5 Å². The lowest BCUT2D eigenvalue weighted by atomic mass is 10.3. The monoisotopic (exact) mass is 304 g/mol. The van der Waals surface area contributed by atoms with Gasteiger partial charge in [-0.15, -0.1) is 11.3 Å². The Hall–Kier alpha value is -1.40. The molecule has 0 aliphatic carbocycles. The summed E-state index contributed by atoms with van der Waals surface area (Å²) in [5.74, 6) is -0.0313. The number of thiazole rings is 1. The number of alkyl halides is 2. The molecule has 1 aromatic carbocycles. The van der Waals surface area contributed by atoms with Gasteiger partial charge in [0.25, 0.3) is 0 Å². The van der Waals surface area contributed by atoms with E-state index in [-0.39, 0.29) is 10.8 Å². The fourth-order valence-electron chi connectivity index (χ4n) is 1.48. The predicted octanol–water partition coefficient (Wildman–Crippen LogP) is 4.32. The molecule has 7 heteroatoms. The van der Waals surface area contributed by atoms with E-state index in [1.165, 1.54) is 6.07 Å². The van der Waals surface area contributed by atoms with Gasteiger partial charge in [-0.2, -0.15) is 8.78 Å². The predicted molar refractivity (Wildman–Crippen MR) is 72.3 cm³/mol. The van der Waals surface area contributed by atoms with Gasteiger partial charge in [-0.1, -0.05) is 11.6 Å². The van der Waals surface area contributed by atoms with Gasteiger partial charge >= 0.3 is 6.61 Å². The third-order valence-electron chi connectivity index (χ3n) is 2.45. The molecule has 3 nitrogen and oxygen atoms in total. The van der Waals surface area contributed by atoms with Crippen molar-refractivity contribution >= 4 is 28.6 Å². The van der Waals surface area contributed by atoms with E-state index in [0.717, 1.165) is 16.3 Å². The molecule has 102 valence electrons. The average Bonchev–Trinajstić information content (AvgIpc) is 2.75. The fourth-order valence-corrected chi connectivity index (χ4v) is 2.42. The van der Waals surface area contributed by atoms with Crippen molar-refractivity contribution < 1.29 is 13.5 Å². The molecule has 0 fully saturated rings. The lowest BCUT2D eigenvalue weighted by Gasteiger charge is -2.10. The zero-order valence-corrected chi connectivity index (χ0v) is 11.6. The molecule has 0 radical (unpaired) electrons. The smallest absolute Gasteiger partial charge is 0.387 e. The molecule has 0 bridgehead atoms. The molecule has 0 saturated heterocycles. The molecule has 2 aromatic rings. The van der Waals surface area contributed by atoms with Gasteiger partial charge in [0.05, 0.1) is 22.8 Å². The molecule has 0 amide bonds. The zero-order valence-electron chi connectivity index (χ0n) is 9.99. The minimum absolute atomic E-state index is 0.0313. The first-order valence-corrected chi connectivity index (χ1v) is 6.69. The highest BCUT2D eigenvalue weighted by Gasteiger charge is 2.09. The van der Waals surface area contributed by atoms with Crippen LogP contribution in [-0.2, 0) is 6.54 Å². The van der Waals surface area contributed by atoms with Crippen LogP contribution in [0.25, 0.3) is 0 Å². The highest BCUT2D eigenvalue weighted by atomic mass is 35.5. The van der Waals surface area contributed by atoms with Crippen LogP contribution in [0, 0.1) is 6.92 Å². The van der Waals surface area contributed by atoms with Gasteiger partial charge in [0, 0.05) is 10.6 Å². The van der Waals surface area contributed by atoms with E-state index in [9.17, 15) is 8.78 Å². The van der Waals surface area contributed by atoms with Crippen molar-refractivity contribution in [1.29, 1.82) is 0 Å². The molecule has 0 aliphatic rings. The highest BCUT2D eigenvalue weighted by Crippen LogP contribution is 2.29. The lowest BCUT2D eigenvalue weighted by molar-refractivity contribution is -0.0497. The largest absolute Gasteiger partial charge is 0.433 e. The van der Waals surface area contributed by atoms with Crippen LogP contribution in [0.1, 0.15) is 10.6 Å². The van der Waals surface area contributed by atoms with Gasteiger partial charge < -0.3 is 10.1 Å². The Labute approximate surface area is 118 Å². The van der Waals surface area contributed by atoms with Crippen molar-refractivity contribution in [3.8, 4) is 5.75 Å². The van der Waals surface area contributed by atoms with Crippen LogP contribution >= 0.6 is 22.9 Å². The Balaban J connectivity index is 2.02. The summed E-state index contributed by atoms with van der Waals surface area (Å²) in [7, 11) is 0. The van der Waals surface area contributed by atoms with Crippen molar-refractivity contribution in [2.24, 2.45) is 0 Å². The summed E-state index contributed by atoms with van der Waals surface area (Å²) in [6.45, 7) is -0.335. The molecule has 0 aliphatic heterocycles. The van der Waals surface area contributed by atoms with Gasteiger partial charge in [-0.3, -0.25) is 0 Å². The van der Waals surface area contributed by atoms with E-state index >= 15 is 0 Å². The number of rotatable bonds is 5. The van der Waals surface area contributed by atoms with Crippen LogP contribution in [0.2, 0.25) is 5.02 Å². The summed E-state index contributed by atoms with van der Waals surface area (Å²) in [5, 5.41) is 3.30. The lowest BCUT2D eigenvalue weighted by Crippen LogP contribution is -2.03. The summed E-state index contributed by atoms with van der Waals surface area (Å²) in [6, 6.07) is 4.60. The second kappa shape index (κ2) is 6.16. The minimum atomic E-state index is -2.88. The van der Waals surface area contributed by atoms with Gasteiger partial charge in [0.1, 0.15) is 5.75 Å². The van der Waals surface area contributed by atoms with Crippen molar-refractivity contribution in [3.05, 3.63) is 39.3 Å². The second-order valence-electron chi connectivity index (χ2n) is 3.74. The molecule has 1 heterocycles. The number of nitrogens with zero attached hydrogens (tertiary/aromatic N) is 1. The highest BCUT2D eigenvalue weighted by molar-refractivity contribution is 7.09. The van der Waals surface area contributed by atoms with Crippen LogP contribution in [0.5, 0.6) is 5.75 Å². The van der Waals surface area contributed by atoms with E-state index in [1.54, 1.807) is 29.0 Å². The van der Waals surface area contributed by atoms with Crippen molar-refractivity contribution in [1.82, 2.24) is 4.98 Å². The number of hydrogen-bond acceptors (Lipinski definition) is 4. The SMILES string of the molecule is Cc1ncsc1CNc1ccc(OC(F)F)c(Cl)c1. The van der Waals surface area contributed by atoms with Gasteiger partial charge in [-0.05, 0) is 25.1 Å². The van der Waals surface area contributed by atoms with Gasteiger partial charge in [-0.25, -0.2) is 4.98 Å². The average molecular weight is 305 g/mol. The minimum Gasteiger partial charge on any atom is -0.433 e. The molecule has 1 N–H and O–H groups in total. The Kier molecular flexibility index (Phi) is 4.55. The second-order valence-corrected chi connectivity index (χ2v) is 5.08. The van der Waals surface area contributed by atoms with Gasteiger partial charge in [0.15, 0.2) is 0 Å². The number of ether oxygens (including phenoxy) is 1. The number of aryl methyl sites for hydroxylation is 1.